The molecule has 0 radical (unpaired) electrons. The van der Waals surface area contributed by atoms with Gasteiger partial charge in [0.2, 0.25) is 0 Å². The summed E-state index contributed by atoms with van der Waals surface area (Å²) in [6.07, 6.45) is 4.46. The van der Waals surface area contributed by atoms with E-state index in [0.29, 0.717) is 13.0 Å². The van der Waals surface area contributed by atoms with E-state index in [2.05, 4.69) is 16.4 Å². The van der Waals surface area contributed by atoms with Gasteiger partial charge in [0.15, 0.2) is 0 Å². The van der Waals surface area contributed by atoms with Gasteiger partial charge in [0, 0.05) is 33.3 Å². The molecule has 4 nitrogen and oxygen atoms in total. The zero-order chi connectivity index (χ0) is 12.3. The highest BCUT2D eigenvalue weighted by Crippen LogP contribution is 2.21. The highest BCUT2D eigenvalue weighted by Gasteiger charge is 2.29. The molecule has 2 rings (SSSR count). The number of piperidine rings is 1. The van der Waals surface area contributed by atoms with Gasteiger partial charge in [-0.3, -0.25) is 0 Å². The Bertz CT molecular complexity index is 355. The van der Waals surface area contributed by atoms with Gasteiger partial charge in [-0.25, -0.2) is 4.98 Å². The molecule has 0 bridgehead atoms. The molecule has 2 N–H and O–H groups in total. The maximum atomic E-state index is 10.4. The topological polar surface area (TPSA) is 48.4 Å². The quantitative estimate of drug-likeness (QED) is 0.814. The molecule has 17 heavy (non-hydrogen) atoms. The molecular weight excluding hydrogens is 214 g/mol. The fourth-order valence-electron chi connectivity index (χ4n) is 2.27. The number of β-amino-alcohol motifs (C(OH)–C–C–N with tert-alkyl or cyclic N) is 1. The van der Waals surface area contributed by atoms with Crippen LogP contribution in [0.1, 0.15) is 18.4 Å². The molecule has 1 aromatic rings. The number of hydrogen-bond acceptors (Lipinski definition) is 4. The zero-order valence-electron chi connectivity index (χ0n) is 10.6. The second-order valence-corrected chi connectivity index (χ2v) is 5.10. The Hall–Kier alpha value is -1.13. The van der Waals surface area contributed by atoms with Gasteiger partial charge in [-0.05, 0) is 31.0 Å². The van der Waals surface area contributed by atoms with E-state index < -0.39 is 5.60 Å². The van der Waals surface area contributed by atoms with E-state index in [4.69, 9.17) is 0 Å². The summed E-state index contributed by atoms with van der Waals surface area (Å²) in [7, 11) is 3.95. The third kappa shape index (κ3) is 3.17. The lowest BCUT2D eigenvalue weighted by Crippen LogP contribution is -2.47. The lowest BCUT2D eigenvalue weighted by atomic mass is 9.88. The molecule has 0 saturated carbocycles. The van der Waals surface area contributed by atoms with Crippen LogP contribution in [0.4, 0.5) is 5.82 Å². The largest absolute Gasteiger partial charge is 0.388 e. The summed E-state index contributed by atoms with van der Waals surface area (Å²) in [5.41, 5.74) is 0.501. The summed E-state index contributed by atoms with van der Waals surface area (Å²) in [4.78, 5) is 6.34. The van der Waals surface area contributed by atoms with Crippen molar-refractivity contribution in [1.29, 1.82) is 0 Å². The number of nitrogens with zero attached hydrogens (tertiary/aromatic N) is 2. The van der Waals surface area contributed by atoms with Crippen LogP contribution in [0.25, 0.3) is 0 Å². The second kappa shape index (κ2) is 5.02. The average Bonchev–Trinajstić information content (AvgIpc) is 2.30. The van der Waals surface area contributed by atoms with Crippen LogP contribution < -0.4 is 10.2 Å². The molecule has 94 valence electrons. The average molecular weight is 235 g/mol. The lowest BCUT2D eigenvalue weighted by molar-refractivity contribution is 0.0169. The SMILES string of the molecule is CN(C)c1ccc(CC2(O)CCCNC2)cn1. The summed E-state index contributed by atoms with van der Waals surface area (Å²) in [5, 5.41) is 13.6. The van der Waals surface area contributed by atoms with Crippen molar-refractivity contribution in [3.05, 3.63) is 23.9 Å². The summed E-state index contributed by atoms with van der Waals surface area (Å²) >= 11 is 0. The molecule has 0 amide bonds. The first-order chi connectivity index (χ1) is 8.09. The first-order valence-corrected chi connectivity index (χ1v) is 6.14. The minimum absolute atomic E-state index is 0.598. The van der Waals surface area contributed by atoms with E-state index in [1.54, 1.807) is 0 Å². The van der Waals surface area contributed by atoms with E-state index in [9.17, 15) is 5.11 Å². The van der Waals surface area contributed by atoms with Crippen LogP contribution in [0.2, 0.25) is 0 Å². The summed E-state index contributed by atoms with van der Waals surface area (Å²) in [6, 6.07) is 4.05. The lowest BCUT2D eigenvalue weighted by Gasteiger charge is -2.32. The monoisotopic (exact) mass is 235 g/mol. The number of pyridine rings is 1. The highest BCUT2D eigenvalue weighted by molar-refractivity contribution is 5.37. The standard InChI is InChI=1S/C13H21N3O/c1-16(2)12-5-4-11(9-15-12)8-13(17)6-3-7-14-10-13/h4-5,9,14,17H,3,6-8,10H2,1-2H3. The Morgan fingerprint density at radius 3 is 2.82 bits per heavy atom. The Kier molecular flexibility index (Phi) is 3.64. The third-order valence-electron chi connectivity index (χ3n) is 3.25. The van der Waals surface area contributed by atoms with E-state index >= 15 is 0 Å². The van der Waals surface area contributed by atoms with E-state index in [1.165, 1.54) is 0 Å². The van der Waals surface area contributed by atoms with Crippen molar-refractivity contribution in [3.63, 3.8) is 0 Å². The highest BCUT2D eigenvalue weighted by atomic mass is 16.3. The minimum Gasteiger partial charge on any atom is -0.388 e. The van der Waals surface area contributed by atoms with Crippen molar-refractivity contribution < 1.29 is 5.11 Å². The smallest absolute Gasteiger partial charge is 0.127 e. The molecule has 1 saturated heterocycles. The molecule has 1 aromatic heterocycles. The van der Waals surface area contributed by atoms with E-state index in [0.717, 1.165) is 30.8 Å². The fourth-order valence-corrected chi connectivity index (χ4v) is 2.27. The van der Waals surface area contributed by atoms with Crippen LogP contribution in [0, 0.1) is 0 Å². The Morgan fingerprint density at radius 1 is 1.47 bits per heavy atom. The first-order valence-electron chi connectivity index (χ1n) is 6.14. The predicted octanol–water partition coefficient (Wildman–Crippen LogP) is 0.805. The van der Waals surface area contributed by atoms with Gasteiger partial charge < -0.3 is 15.3 Å². The molecule has 1 aliphatic heterocycles. The van der Waals surface area contributed by atoms with Gasteiger partial charge in [0.1, 0.15) is 5.82 Å². The maximum Gasteiger partial charge on any atom is 0.127 e. The van der Waals surface area contributed by atoms with Crippen molar-refractivity contribution in [2.75, 3.05) is 32.1 Å². The number of aromatic nitrogens is 1. The predicted molar refractivity (Wildman–Crippen MR) is 69.3 cm³/mol. The van der Waals surface area contributed by atoms with Crippen molar-refractivity contribution in [1.82, 2.24) is 10.3 Å². The molecule has 1 unspecified atom stereocenters. The summed E-state index contributed by atoms with van der Waals surface area (Å²) < 4.78 is 0. The van der Waals surface area contributed by atoms with Crippen molar-refractivity contribution >= 4 is 5.82 Å². The van der Waals surface area contributed by atoms with Crippen LogP contribution in [0.3, 0.4) is 0 Å². The number of nitrogens with one attached hydrogen (secondary N) is 1. The minimum atomic E-state index is -0.598. The molecule has 1 fully saturated rings. The van der Waals surface area contributed by atoms with Gasteiger partial charge in [-0.15, -0.1) is 0 Å². The number of anilines is 1. The van der Waals surface area contributed by atoms with Crippen LogP contribution in [-0.4, -0.2) is 42.9 Å². The number of rotatable bonds is 3. The molecular formula is C13H21N3O. The zero-order valence-corrected chi connectivity index (χ0v) is 10.6. The Morgan fingerprint density at radius 2 is 2.29 bits per heavy atom. The van der Waals surface area contributed by atoms with Crippen molar-refractivity contribution in [2.24, 2.45) is 0 Å². The summed E-state index contributed by atoms with van der Waals surface area (Å²) in [5.74, 6) is 0.947. The maximum absolute atomic E-state index is 10.4. The molecule has 0 aromatic carbocycles. The summed E-state index contributed by atoms with van der Waals surface area (Å²) in [6.45, 7) is 1.70. The second-order valence-electron chi connectivity index (χ2n) is 5.10. The van der Waals surface area contributed by atoms with Crippen LogP contribution in [0.5, 0.6) is 0 Å². The molecule has 1 atom stereocenters. The van der Waals surface area contributed by atoms with E-state index in [1.807, 2.05) is 31.3 Å². The van der Waals surface area contributed by atoms with Crippen LogP contribution in [0.15, 0.2) is 18.3 Å². The molecule has 2 heterocycles. The molecule has 4 heteroatoms. The van der Waals surface area contributed by atoms with Crippen LogP contribution >= 0.6 is 0 Å². The third-order valence-corrected chi connectivity index (χ3v) is 3.25. The van der Waals surface area contributed by atoms with E-state index in [-0.39, 0.29) is 0 Å². The number of hydrogen-bond donors (Lipinski definition) is 2. The first kappa shape index (κ1) is 12.3. The molecule has 0 spiro atoms. The normalized spacial score (nSPS) is 24.6. The van der Waals surface area contributed by atoms with Crippen LogP contribution in [-0.2, 0) is 6.42 Å². The van der Waals surface area contributed by atoms with Gasteiger partial charge in [-0.2, -0.15) is 0 Å². The van der Waals surface area contributed by atoms with Crippen molar-refractivity contribution in [2.45, 2.75) is 24.9 Å². The Labute approximate surface area is 103 Å². The van der Waals surface area contributed by atoms with Gasteiger partial charge in [-0.1, -0.05) is 6.07 Å². The van der Waals surface area contributed by atoms with Gasteiger partial charge in [0.25, 0.3) is 0 Å². The molecule has 1 aliphatic rings. The molecule has 0 aliphatic carbocycles. The van der Waals surface area contributed by atoms with Gasteiger partial charge >= 0.3 is 0 Å². The van der Waals surface area contributed by atoms with Gasteiger partial charge in [0.05, 0.1) is 5.60 Å². The fraction of sp³-hybridized carbons (Fsp3) is 0.615. The van der Waals surface area contributed by atoms with Crippen molar-refractivity contribution in [3.8, 4) is 0 Å². The number of aliphatic hydroxyl groups is 1. The Balaban J connectivity index is 2.03.